The van der Waals surface area contributed by atoms with Gasteiger partial charge in [0.1, 0.15) is 0 Å². The second-order valence-corrected chi connectivity index (χ2v) is 4.08. The average molecular weight is 284 g/mol. The van der Waals surface area contributed by atoms with Crippen molar-refractivity contribution in [2.45, 2.75) is 64.3 Å². The quantitative estimate of drug-likeness (QED) is 0.360. The smallest absolute Gasteiger partial charge is 0.450 e. The van der Waals surface area contributed by atoms with Crippen molar-refractivity contribution in [1.29, 1.82) is 0 Å². The summed E-state index contributed by atoms with van der Waals surface area (Å²) in [5, 5.41) is 51.1. The zero-order chi connectivity index (χ0) is 15.5. The highest BCUT2D eigenvalue weighted by molar-refractivity contribution is 5.53. The molecule has 6 N–H and O–H groups in total. The third-order valence-corrected chi connectivity index (χ3v) is 2.04. The summed E-state index contributed by atoms with van der Waals surface area (Å²) in [6.07, 6.45) is 0.695. The van der Waals surface area contributed by atoms with Crippen LogP contribution in [0, 0.1) is 0 Å². The van der Waals surface area contributed by atoms with Gasteiger partial charge in [-0.15, -0.1) is 0 Å². The fourth-order valence-electron chi connectivity index (χ4n) is 1.18. The van der Waals surface area contributed by atoms with Crippen molar-refractivity contribution in [3.8, 4) is 0 Å². The Labute approximate surface area is 111 Å². The summed E-state index contributed by atoms with van der Waals surface area (Å²) in [7, 11) is 0. The van der Waals surface area contributed by atoms with Gasteiger partial charge in [-0.25, -0.2) is 4.79 Å². The molecule has 8 heteroatoms. The number of unbranched alkanes of at least 4 members (excludes halogenated alkanes) is 2. The minimum atomic E-state index is -2.47. The first-order valence-corrected chi connectivity index (χ1v) is 6.08. The van der Waals surface area contributed by atoms with E-state index in [2.05, 4.69) is 4.74 Å². The number of carboxylic acid groups (broad SMARTS) is 2. The van der Waals surface area contributed by atoms with Crippen LogP contribution in [0.25, 0.3) is 0 Å². The first kappa shape index (κ1) is 20.4. The van der Waals surface area contributed by atoms with Gasteiger partial charge in [-0.2, -0.15) is 0 Å². The van der Waals surface area contributed by atoms with E-state index in [-0.39, 0.29) is 12.8 Å². The molecule has 19 heavy (non-hydrogen) atoms. The molecule has 0 rings (SSSR count). The van der Waals surface area contributed by atoms with Crippen LogP contribution in [0.3, 0.4) is 0 Å². The molecule has 0 aliphatic carbocycles. The fourth-order valence-corrected chi connectivity index (χ4v) is 1.18. The van der Waals surface area contributed by atoms with Crippen molar-refractivity contribution in [2.75, 3.05) is 0 Å². The highest BCUT2D eigenvalue weighted by Crippen LogP contribution is 2.22. The summed E-state index contributed by atoms with van der Waals surface area (Å²) < 4.78 is 4.45. The number of carbonyl (C=O) groups is 1. The molecule has 0 aliphatic heterocycles. The Bertz CT molecular complexity index is 217. The maximum Gasteiger partial charge on any atom is 0.503 e. The van der Waals surface area contributed by atoms with Crippen molar-refractivity contribution in [3.63, 3.8) is 0 Å². The van der Waals surface area contributed by atoms with E-state index < -0.39 is 18.1 Å². The first-order chi connectivity index (χ1) is 8.56. The molecule has 0 radical (unpaired) electrons. The van der Waals surface area contributed by atoms with Crippen LogP contribution in [0.15, 0.2) is 0 Å². The Morgan fingerprint density at radius 2 is 1.16 bits per heavy atom. The lowest BCUT2D eigenvalue weighted by molar-refractivity contribution is -0.473. The largest absolute Gasteiger partial charge is 0.503 e. The van der Waals surface area contributed by atoms with Crippen LogP contribution >= 0.6 is 0 Å². The molecule has 116 valence electrons. The van der Waals surface area contributed by atoms with Crippen molar-refractivity contribution in [3.05, 3.63) is 0 Å². The third kappa shape index (κ3) is 17.1. The van der Waals surface area contributed by atoms with Crippen LogP contribution in [0.5, 0.6) is 0 Å². The van der Waals surface area contributed by atoms with Crippen molar-refractivity contribution < 1.29 is 40.2 Å². The molecule has 0 spiro atoms. The van der Waals surface area contributed by atoms with Crippen LogP contribution in [0.1, 0.15) is 52.4 Å². The highest BCUT2D eigenvalue weighted by atomic mass is 16.9. The molecule has 0 aromatic carbocycles. The lowest BCUT2D eigenvalue weighted by Crippen LogP contribution is -2.44. The molecule has 0 saturated heterocycles. The predicted octanol–water partition coefficient (Wildman–Crippen LogP) is 0.883. The standard InChI is InChI=1S/C10H22O5.CH2O3/c1-3-5-7-9(11,12)15-10(13,14)8-6-4-2;2-1(3)4/h11-14H,3-8H2,1-2H3;(H2,2,3,4). The van der Waals surface area contributed by atoms with Crippen molar-refractivity contribution in [2.24, 2.45) is 0 Å². The summed E-state index contributed by atoms with van der Waals surface area (Å²) in [5.74, 6) is -4.93. The van der Waals surface area contributed by atoms with E-state index in [0.29, 0.717) is 12.8 Å². The molecule has 0 saturated carbocycles. The third-order valence-electron chi connectivity index (χ3n) is 2.04. The average Bonchev–Trinajstić information content (AvgIpc) is 2.21. The molecule has 0 bridgehead atoms. The van der Waals surface area contributed by atoms with Crippen LogP contribution in [-0.4, -0.2) is 48.7 Å². The zero-order valence-electron chi connectivity index (χ0n) is 11.2. The lowest BCUT2D eigenvalue weighted by atomic mass is 10.2. The molecular formula is C11H24O8. The Balaban J connectivity index is 0. The van der Waals surface area contributed by atoms with Gasteiger partial charge in [-0.05, 0) is 12.8 Å². The van der Waals surface area contributed by atoms with E-state index in [4.69, 9.17) is 15.0 Å². The Hall–Kier alpha value is -0.930. The summed E-state index contributed by atoms with van der Waals surface area (Å²) >= 11 is 0. The fraction of sp³-hybridized carbons (Fsp3) is 0.909. The van der Waals surface area contributed by atoms with E-state index in [0.717, 1.165) is 12.8 Å². The molecule has 0 fully saturated rings. The van der Waals surface area contributed by atoms with Gasteiger partial charge in [0.05, 0.1) is 0 Å². The van der Waals surface area contributed by atoms with E-state index in [9.17, 15) is 20.4 Å². The van der Waals surface area contributed by atoms with Crippen LogP contribution in [-0.2, 0) is 4.74 Å². The van der Waals surface area contributed by atoms with Crippen molar-refractivity contribution >= 4 is 6.16 Å². The Morgan fingerprint density at radius 1 is 0.895 bits per heavy atom. The molecule has 0 aliphatic rings. The minimum absolute atomic E-state index is 0.0432. The maximum atomic E-state index is 9.29. The zero-order valence-corrected chi connectivity index (χ0v) is 11.2. The molecule has 0 unspecified atom stereocenters. The molecule has 0 amide bonds. The van der Waals surface area contributed by atoms with E-state index >= 15 is 0 Å². The molecule has 0 atom stereocenters. The number of ether oxygens (including phenoxy) is 1. The van der Waals surface area contributed by atoms with Gasteiger partial charge in [0, 0.05) is 12.8 Å². The number of rotatable bonds is 8. The molecule has 0 aromatic rings. The summed E-state index contributed by atoms with van der Waals surface area (Å²) in [6.45, 7) is 3.77. The van der Waals surface area contributed by atoms with Crippen LogP contribution < -0.4 is 0 Å². The minimum Gasteiger partial charge on any atom is -0.450 e. The summed E-state index contributed by atoms with van der Waals surface area (Å²) in [6, 6.07) is 0. The van der Waals surface area contributed by atoms with E-state index in [1.807, 2.05) is 13.8 Å². The predicted molar refractivity (Wildman–Crippen MR) is 65.1 cm³/mol. The monoisotopic (exact) mass is 284 g/mol. The number of hydrogen-bond acceptors (Lipinski definition) is 6. The normalized spacial score (nSPS) is 11.7. The van der Waals surface area contributed by atoms with Gasteiger partial charge in [0.25, 0.3) is 11.9 Å². The van der Waals surface area contributed by atoms with Gasteiger partial charge in [-0.3, -0.25) is 4.74 Å². The molecule has 0 aromatic heterocycles. The maximum absolute atomic E-state index is 9.29. The topological polar surface area (TPSA) is 148 Å². The highest BCUT2D eigenvalue weighted by Gasteiger charge is 2.35. The van der Waals surface area contributed by atoms with Gasteiger partial charge >= 0.3 is 6.16 Å². The second-order valence-electron chi connectivity index (χ2n) is 4.08. The number of hydrogen-bond donors (Lipinski definition) is 6. The van der Waals surface area contributed by atoms with Gasteiger partial charge in [-0.1, -0.05) is 26.7 Å². The van der Waals surface area contributed by atoms with E-state index in [1.165, 1.54) is 0 Å². The lowest BCUT2D eigenvalue weighted by Gasteiger charge is -2.30. The second kappa shape index (κ2) is 9.93. The first-order valence-electron chi connectivity index (χ1n) is 6.08. The molecular weight excluding hydrogens is 260 g/mol. The summed E-state index contributed by atoms with van der Waals surface area (Å²) in [5.41, 5.74) is 0. The van der Waals surface area contributed by atoms with Gasteiger partial charge in [0.15, 0.2) is 0 Å². The Morgan fingerprint density at radius 3 is 1.37 bits per heavy atom. The Kier molecular flexibility index (Phi) is 10.7. The SMILES string of the molecule is CCCCC(O)(O)OC(O)(O)CCCC.O=C(O)O. The molecule has 8 nitrogen and oxygen atoms in total. The van der Waals surface area contributed by atoms with Crippen LogP contribution in [0.2, 0.25) is 0 Å². The van der Waals surface area contributed by atoms with Gasteiger partial charge < -0.3 is 30.6 Å². The molecule has 0 heterocycles. The number of aliphatic hydroxyl groups is 4. The van der Waals surface area contributed by atoms with Crippen molar-refractivity contribution in [1.82, 2.24) is 0 Å². The van der Waals surface area contributed by atoms with Crippen LogP contribution in [0.4, 0.5) is 4.79 Å². The van der Waals surface area contributed by atoms with E-state index in [1.54, 1.807) is 0 Å². The summed E-state index contributed by atoms with van der Waals surface area (Å²) in [4.78, 5) is 8.56. The van der Waals surface area contributed by atoms with Gasteiger partial charge in [0.2, 0.25) is 0 Å².